The normalized spacial score (nSPS) is 14.7. The number of aromatic nitrogens is 5. The third-order valence-corrected chi connectivity index (χ3v) is 5.68. The molecule has 0 radical (unpaired) electrons. The molecule has 3 aromatic heterocycles. The largest absolute Gasteiger partial charge is 0.352 e. The zero-order valence-corrected chi connectivity index (χ0v) is 18.0. The molecule has 1 saturated heterocycles. The van der Waals surface area contributed by atoms with E-state index in [-0.39, 0.29) is 17.1 Å². The van der Waals surface area contributed by atoms with Gasteiger partial charge in [-0.3, -0.25) is 19.0 Å². The van der Waals surface area contributed by atoms with E-state index >= 15 is 0 Å². The second-order valence-corrected chi connectivity index (χ2v) is 7.75. The van der Waals surface area contributed by atoms with Gasteiger partial charge in [-0.05, 0) is 31.9 Å². The van der Waals surface area contributed by atoms with Crippen LogP contribution >= 0.6 is 11.6 Å². The molecule has 11 heteroatoms. The first kappa shape index (κ1) is 21.0. The van der Waals surface area contributed by atoms with E-state index in [9.17, 15) is 14.4 Å². The van der Waals surface area contributed by atoms with Gasteiger partial charge in [0.2, 0.25) is 5.95 Å². The Hall–Kier alpha value is -3.27. The molecular weight excluding hydrogens is 422 g/mol. The highest BCUT2D eigenvalue weighted by Crippen LogP contribution is 2.26. The molecule has 0 aliphatic carbocycles. The van der Waals surface area contributed by atoms with Crippen molar-refractivity contribution in [3.05, 3.63) is 56.0 Å². The Morgan fingerprint density at radius 2 is 1.84 bits per heavy atom. The van der Waals surface area contributed by atoms with Gasteiger partial charge < -0.3 is 14.8 Å². The molecule has 4 heterocycles. The number of pyridine rings is 1. The van der Waals surface area contributed by atoms with Gasteiger partial charge in [0.05, 0.1) is 11.1 Å². The van der Waals surface area contributed by atoms with E-state index in [4.69, 9.17) is 11.6 Å². The summed E-state index contributed by atoms with van der Waals surface area (Å²) in [5, 5.41) is 2.97. The molecule has 0 bridgehead atoms. The summed E-state index contributed by atoms with van der Waals surface area (Å²) in [6.07, 6.45) is 4.23. The molecule has 0 saturated carbocycles. The molecule has 3 aromatic rings. The van der Waals surface area contributed by atoms with E-state index in [1.165, 1.54) is 21.5 Å². The van der Waals surface area contributed by atoms with Crippen molar-refractivity contribution in [3.63, 3.8) is 0 Å². The standard InChI is InChI=1S/C20H22ClN7O3/c1-3-22-17(29)12-10-23-20(24-11-12)27-8-6-13(7-9-27)28-16-14(4-5-15(21)25-16)26(2)18(30)19(28)31/h4-5,10-11,13H,3,6-9H2,1-2H3,(H,22,29). The van der Waals surface area contributed by atoms with Crippen LogP contribution in [0, 0.1) is 0 Å². The van der Waals surface area contributed by atoms with Gasteiger partial charge in [0.15, 0.2) is 5.65 Å². The smallest absolute Gasteiger partial charge is 0.318 e. The highest BCUT2D eigenvalue weighted by atomic mass is 35.5. The molecule has 0 spiro atoms. The summed E-state index contributed by atoms with van der Waals surface area (Å²) in [4.78, 5) is 52.1. The van der Waals surface area contributed by atoms with E-state index in [0.29, 0.717) is 55.2 Å². The number of hydrogen-bond acceptors (Lipinski definition) is 7. The molecule has 4 rings (SSSR count). The lowest BCUT2D eigenvalue weighted by Gasteiger charge is -2.33. The minimum Gasteiger partial charge on any atom is -0.352 e. The summed E-state index contributed by atoms with van der Waals surface area (Å²) < 4.78 is 2.77. The number of hydrogen-bond donors (Lipinski definition) is 1. The molecule has 1 aliphatic rings. The molecule has 10 nitrogen and oxygen atoms in total. The van der Waals surface area contributed by atoms with Crippen molar-refractivity contribution in [2.75, 3.05) is 24.5 Å². The van der Waals surface area contributed by atoms with Crippen LogP contribution in [0.1, 0.15) is 36.2 Å². The van der Waals surface area contributed by atoms with Crippen molar-refractivity contribution in [1.29, 1.82) is 0 Å². The van der Waals surface area contributed by atoms with E-state index in [1.54, 1.807) is 19.2 Å². The van der Waals surface area contributed by atoms with Gasteiger partial charge in [-0.1, -0.05) is 11.6 Å². The van der Waals surface area contributed by atoms with Crippen molar-refractivity contribution >= 4 is 34.6 Å². The lowest BCUT2D eigenvalue weighted by Crippen LogP contribution is -2.45. The maximum Gasteiger partial charge on any atom is 0.318 e. The van der Waals surface area contributed by atoms with Crippen LogP contribution in [0.3, 0.4) is 0 Å². The first-order chi connectivity index (χ1) is 14.9. The number of aryl methyl sites for hydroxylation is 1. The SMILES string of the molecule is CCNC(=O)c1cnc(N2CCC(n3c(=O)c(=O)n(C)c4ccc(Cl)nc43)CC2)nc1. The first-order valence-corrected chi connectivity index (χ1v) is 10.4. The minimum atomic E-state index is -0.606. The number of carbonyl (C=O) groups excluding carboxylic acids is 1. The van der Waals surface area contributed by atoms with E-state index < -0.39 is 11.1 Å². The number of piperidine rings is 1. The van der Waals surface area contributed by atoms with Gasteiger partial charge in [0, 0.05) is 45.1 Å². The predicted molar refractivity (Wildman–Crippen MR) is 117 cm³/mol. The average Bonchev–Trinajstić information content (AvgIpc) is 2.78. The van der Waals surface area contributed by atoms with Crippen LogP contribution in [0.2, 0.25) is 5.15 Å². The number of anilines is 1. The monoisotopic (exact) mass is 443 g/mol. The van der Waals surface area contributed by atoms with Gasteiger partial charge in [-0.2, -0.15) is 0 Å². The third kappa shape index (κ3) is 3.90. The summed E-state index contributed by atoms with van der Waals surface area (Å²) in [7, 11) is 1.55. The maximum absolute atomic E-state index is 12.8. The number of amides is 1. The van der Waals surface area contributed by atoms with Crippen LogP contribution in [-0.2, 0) is 7.05 Å². The molecule has 1 aliphatic heterocycles. The van der Waals surface area contributed by atoms with Crippen molar-refractivity contribution in [2.24, 2.45) is 7.05 Å². The highest BCUT2D eigenvalue weighted by molar-refractivity contribution is 6.29. The van der Waals surface area contributed by atoms with Crippen LogP contribution in [0.25, 0.3) is 11.2 Å². The fourth-order valence-corrected chi connectivity index (χ4v) is 3.98. The molecule has 31 heavy (non-hydrogen) atoms. The fraction of sp³-hybridized carbons (Fsp3) is 0.400. The molecule has 1 amide bonds. The second-order valence-electron chi connectivity index (χ2n) is 7.37. The van der Waals surface area contributed by atoms with Gasteiger partial charge in [-0.15, -0.1) is 0 Å². The topological polar surface area (TPSA) is 115 Å². The molecular formula is C20H22ClN7O3. The summed E-state index contributed by atoms with van der Waals surface area (Å²) in [5.74, 6) is 0.310. The first-order valence-electron chi connectivity index (χ1n) is 10.0. The summed E-state index contributed by atoms with van der Waals surface area (Å²) in [5.41, 5.74) is 0.164. The molecule has 0 aromatic carbocycles. The molecule has 1 fully saturated rings. The number of nitrogens with one attached hydrogen (secondary N) is 1. The minimum absolute atomic E-state index is 0.194. The van der Waals surface area contributed by atoms with E-state index in [1.807, 2.05) is 11.8 Å². The Morgan fingerprint density at radius 1 is 1.16 bits per heavy atom. The fourth-order valence-electron chi connectivity index (χ4n) is 3.84. The summed E-state index contributed by atoms with van der Waals surface area (Å²) in [6.45, 7) is 3.56. The average molecular weight is 444 g/mol. The van der Waals surface area contributed by atoms with E-state index in [0.717, 1.165) is 0 Å². The molecule has 0 unspecified atom stereocenters. The Balaban J connectivity index is 1.58. The number of fused-ring (bicyclic) bond motifs is 1. The third-order valence-electron chi connectivity index (χ3n) is 5.47. The maximum atomic E-state index is 12.8. The number of nitrogens with zero attached hydrogens (tertiary/aromatic N) is 6. The van der Waals surface area contributed by atoms with E-state index in [2.05, 4.69) is 20.3 Å². The van der Waals surface area contributed by atoms with Crippen LogP contribution in [0.15, 0.2) is 34.1 Å². The van der Waals surface area contributed by atoms with Crippen LogP contribution < -0.4 is 21.3 Å². The van der Waals surface area contributed by atoms with Crippen LogP contribution in [0.5, 0.6) is 0 Å². The predicted octanol–water partition coefficient (Wildman–Crippen LogP) is 1.13. The molecule has 0 atom stereocenters. The second kappa shape index (κ2) is 8.46. The quantitative estimate of drug-likeness (QED) is 0.474. The number of carbonyl (C=O) groups is 1. The summed E-state index contributed by atoms with van der Waals surface area (Å²) >= 11 is 6.06. The highest BCUT2D eigenvalue weighted by Gasteiger charge is 2.26. The lowest BCUT2D eigenvalue weighted by atomic mass is 10.0. The Bertz CT molecular complexity index is 1240. The Morgan fingerprint density at radius 3 is 2.48 bits per heavy atom. The lowest BCUT2D eigenvalue weighted by molar-refractivity contribution is 0.0955. The summed E-state index contributed by atoms with van der Waals surface area (Å²) in [6, 6.07) is 3.10. The van der Waals surface area contributed by atoms with Crippen molar-refractivity contribution < 1.29 is 4.79 Å². The van der Waals surface area contributed by atoms with Gasteiger partial charge >= 0.3 is 11.1 Å². The number of rotatable bonds is 4. The Labute approximate surface area is 182 Å². The zero-order chi connectivity index (χ0) is 22.1. The van der Waals surface area contributed by atoms with Crippen LogP contribution in [0.4, 0.5) is 5.95 Å². The van der Waals surface area contributed by atoms with Crippen molar-refractivity contribution in [1.82, 2.24) is 29.4 Å². The number of halogens is 1. The van der Waals surface area contributed by atoms with Crippen LogP contribution in [-0.4, -0.2) is 49.6 Å². The van der Waals surface area contributed by atoms with Crippen molar-refractivity contribution in [3.8, 4) is 0 Å². The van der Waals surface area contributed by atoms with Gasteiger partial charge in [0.25, 0.3) is 5.91 Å². The zero-order valence-electron chi connectivity index (χ0n) is 17.2. The van der Waals surface area contributed by atoms with Gasteiger partial charge in [0.1, 0.15) is 5.15 Å². The van der Waals surface area contributed by atoms with Gasteiger partial charge in [-0.25, -0.2) is 15.0 Å². The Kier molecular flexibility index (Phi) is 5.73. The van der Waals surface area contributed by atoms with Crippen molar-refractivity contribution in [2.45, 2.75) is 25.8 Å². The molecule has 1 N–H and O–H groups in total. The molecule has 162 valence electrons.